The number of benzene rings is 1. The summed E-state index contributed by atoms with van der Waals surface area (Å²) in [5.74, 6) is 2.18. The second-order valence-electron chi connectivity index (χ2n) is 6.14. The minimum Gasteiger partial charge on any atom is -0.483 e. The van der Waals surface area contributed by atoms with Crippen molar-refractivity contribution in [3.05, 3.63) is 30.1 Å². The largest absolute Gasteiger partial charge is 0.483 e. The fraction of sp³-hybridized carbons (Fsp3) is 0.389. The Bertz CT molecular complexity index is 851. The van der Waals surface area contributed by atoms with Crippen LogP contribution in [0.5, 0.6) is 0 Å². The number of para-hydroxylation sites is 1. The van der Waals surface area contributed by atoms with Gasteiger partial charge in [0.25, 0.3) is 6.47 Å². The lowest BCUT2D eigenvalue weighted by Crippen LogP contribution is -2.20. The molecular weight excluding hydrogens is 306 g/mol. The maximum absolute atomic E-state index is 8.36. The van der Waals surface area contributed by atoms with Crippen LogP contribution in [0.3, 0.4) is 0 Å². The zero-order valence-electron chi connectivity index (χ0n) is 13.9. The van der Waals surface area contributed by atoms with Crippen LogP contribution in [0.15, 0.2) is 28.7 Å². The Morgan fingerprint density at radius 3 is 2.54 bits per heavy atom. The molecule has 0 radical (unpaired) electrons. The quantitative estimate of drug-likeness (QED) is 0.721. The Balaban J connectivity index is 0.000000526. The number of fused-ring (bicyclic) bond motifs is 3. The van der Waals surface area contributed by atoms with Gasteiger partial charge in [-0.1, -0.05) is 26.0 Å². The molecule has 0 bridgehead atoms. The minimum absolute atomic E-state index is 0.250. The van der Waals surface area contributed by atoms with E-state index >= 15 is 0 Å². The lowest BCUT2D eigenvalue weighted by Gasteiger charge is -2.17. The highest BCUT2D eigenvalue weighted by Gasteiger charge is 2.22. The van der Waals surface area contributed by atoms with Gasteiger partial charge in [-0.15, -0.1) is 0 Å². The van der Waals surface area contributed by atoms with Crippen molar-refractivity contribution in [2.45, 2.75) is 32.6 Å². The van der Waals surface area contributed by atoms with E-state index in [0.717, 1.165) is 46.8 Å². The van der Waals surface area contributed by atoms with Crippen LogP contribution in [0.2, 0.25) is 0 Å². The molecule has 126 valence electrons. The Morgan fingerprint density at radius 1 is 1.21 bits per heavy atom. The number of rotatable bonds is 2. The summed E-state index contributed by atoms with van der Waals surface area (Å²) in [7, 11) is 0. The molecule has 1 N–H and O–H groups in total. The fourth-order valence-corrected chi connectivity index (χ4v) is 2.99. The second-order valence-corrected chi connectivity index (χ2v) is 6.14. The first kappa shape index (κ1) is 16.2. The van der Waals surface area contributed by atoms with E-state index < -0.39 is 0 Å². The smallest absolute Gasteiger partial charge is 0.290 e. The van der Waals surface area contributed by atoms with Crippen molar-refractivity contribution >= 4 is 34.4 Å². The molecule has 1 aromatic carbocycles. The molecule has 1 aliphatic rings. The molecule has 3 heterocycles. The van der Waals surface area contributed by atoms with Crippen LogP contribution >= 0.6 is 0 Å². The van der Waals surface area contributed by atoms with Crippen LogP contribution in [0, 0.1) is 0 Å². The standard InChI is InChI=1S/C17H19N3O.CH2O2/c1-11(2)16-18-14-12-7-3-4-8-13(12)21-15(14)17(19-16)20-9-5-6-10-20;2-1-3/h3-4,7-8,11H,5-6,9-10H2,1-2H3;1H,(H,2,3). The molecule has 0 unspecified atom stereocenters. The Kier molecular flexibility index (Phi) is 4.64. The van der Waals surface area contributed by atoms with Crippen molar-refractivity contribution in [3.8, 4) is 0 Å². The molecule has 6 heteroatoms. The molecule has 1 fully saturated rings. The predicted octanol–water partition coefficient (Wildman–Crippen LogP) is 3.80. The molecule has 0 spiro atoms. The van der Waals surface area contributed by atoms with Crippen LogP contribution in [0.4, 0.5) is 5.82 Å². The van der Waals surface area contributed by atoms with Gasteiger partial charge in [-0.25, -0.2) is 9.97 Å². The lowest BCUT2D eigenvalue weighted by atomic mass is 10.2. The third-order valence-electron chi connectivity index (χ3n) is 4.14. The molecule has 2 aromatic heterocycles. The van der Waals surface area contributed by atoms with Gasteiger partial charge in [-0.05, 0) is 25.0 Å². The number of furan rings is 1. The molecule has 1 saturated heterocycles. The maximum Gasteiger partial charge on any atom is 0.290 e. The molecule has 0 saturated carbocycles. The third-order valence-corrected chi connectivity index (χ3v) is 4.14. The van der Waals surface area contributed by atoms with Crippen LogP contribution in [-0.2, 0) is 4.79 Å². The summed E-state index contributed by atoms with van der Waals surface area (Å²) in [6, 6.07) is 8.10. The van der Waals surface area contributed by atoms with Crippen molar-refractivity contribution in [3.63, 3.8) is 0 Å². The third kappa shape index (κ3) is 2.91. The van der Waals surface area contributed by atoms with Gasteiger partial charge in [0.05, 0.1) is 0 Å². The molecule has 0 atom stereocenters. The fourth-order valence-electron chi connectivity index (χ4n) is 2.99. The number of nitrogens with zero attached hydrogens (tertiary/aromatic N) is 3. The van der Waals surface area contributed by atoms with Gasteiger partial charge < -0.3 is 14.4 Å². The molecule has 0 aliphatic carbocycles. The zero-order valence-corrected chi connectivity index (χ0v) is 13.9. The van der Waals surface area contributed by atoms with E-state index in [9.17, 15) is 0 Å². The van der Waals surface area contributed by atoms with E-state index in [-0.39, 0.29) is 6.47 Å². The first-order valence-corrected chi connectivity index (χ1v) is 8.17. The molecule has 6 nitrogen and oxygen atoms in total. The Labute approximate surface area is 140 Å². The van der Waals surface area contributed by atoms with Crippen molar-refractivity contribution < 1.29 is 14.3 Å². The van der Waals surface area contributed by atoms with Gasteiger partial charge in [-0.3, -0.25) is 4.79 Å². The van der Waals surface area contributed by atoms with E-state index in [4.69, 9.17) is 24.3 Å². The van der Waals surface area contributed by atoms with Gasteiger partial charge in [0.2, 0.25) is 0 Å². The zero-order chi connectivity index (χ0) is 17.1. The summed E-state index contributed by atoms with van der Waals surface area (Å²) >= 11 is 0. The van der Waals surface area contributed by atoms with Crippen molar-refractivity contribution in [2.24, 2.45) is 0 Å². The Hall–Kier alpha value is -2.63. The first-order chi connectivity index (χ1) is 11.7. The molecule has 24 heavy (non-hydrogen) atoms. The number of aromatic nitrogens is 2. The van der Waals surface area contributed by atoms with Gasteiger partial charge in [0, 0.05) is 24.4 Å². The number of carbonyl (C=O) groups is 1. The summed E-state index contributed by atoms with van der Waals surface area (Å²) in [4.78, 5) is 20.3. The van der Waals surface area contributed by atoms with E-state index in [0.29, 0.717) is 5.92 Å². The van der Waals surface area contributed by atoms with Crippen LogP contribution in [0.1, 0.15) is 38.4 Å². The molecule has 0 amide bonds. The summed E-state index contributed by atoms with van der Waals surface area (Å²) < 4.78 is 6.06. The van der Waals surface area contributed by atoms with E-state index in [2.05, 4.69) is 24.8 Å². The van der Waals surface area contributed by atoms with E-state index in [1.165, 1.54) is 12.8 Å². The minimum atomic E-state index is -0.250. The molecule has 4 rings (SSSR count). The van der Waals surface area contributed by atoms with E-state index in [1.54, 1.807) is 0 Å². The van der Waals surface area contributed by atoms with Crippen molar-refractivity contribution in [1.82, 2.24) is 9.97 Å². The van der Waals surface area contributed by atoms with Crippen LogP contribution in [0.25, 0.3) is 22.1 Å². The highest BCUT2D eigenvalue weighted by Crippen LogP contribution is 2.34. The lowest BCUT2D eigenvalue weighted by molar-refractivity contribution is -0.122. The number of anilines is 1. The molecule has 3 aromatic rings. The maximum atomic E-state index is 8.36. The highest BCUT2D eigenvalue weighted by atomic mass is 16.3. The SMILES string of the molecule is CC(C)c1nc(N2CCCC2)c2oc3ccccc3c2n1.O=CO. The van der Waals surface area contributed by atoms with Gasteiger partial charge >= 0.3 is 0 Å². The number of hydrogen-bond donors (Lipinski definition) is 1. The number of hydrogen-bond acceptors (Lipinski definition) is 5. The normalized spacial score (nSPS) is 14.2. The monoisotopic (exact) mass is 327 g/mol. The molecular formula is C18H21N3O3. The predicted molar refractivity (Wildman–Crippen MR) is 93.5 cm³/mol. The van der Waals surface area contributed by atoms with Crippen molar-refractivity contribution in [2.75, 3.05) is 18.0 Å². The molecule has 1 aliphatic heterocycles. The average Bonchev–Trinajstić information content (AvgIpc) is 3.22. The van der Waals surface area contributed by atoms with Gasteiger partial charge in [-0.2, -0.15) is 0 Å². The summed E-state index contributed by atoms with van der Waals surface area (Å²) in [6.45, 7) is 6.13. The van der Waals surface area contributed by atoms with Crippen LogP contribution in [-0.4, -0.2) is 34.6 Å². The average molecular weight is 327 g/mol. The van der Waals surface area contributed by atoms with E-state index in [1.807, 2.05) is 18.2 Å². The highest BCUT2D eigenvalue weighted by molar-refractivity contribution is 6.05. The number of carboxylic acid groups (broad SMARTS) is 1. The first-order valence-electron chi connectivity index (χ1n) is 8.17. The Morgan fingerprint density at radius 2 is 1.88 bits per heavy atom. The topological polar surface area (TPSA) is 79.5 Å². The van der Waals surface area contributed by atoms with Crippen LogP contribution < -0.4 is 4.90 Å². The second kappa shape index (κ2) is 6.86. The van der Waals surface area contributed by atoms with Crippen molar-refractivity contribution in [1.29, 1.82) is 0 Å². The summed E-state index contributed by atoms with van der Waals surface area (Å²) in [6.07, 6.45) is 2.45. The summed E-state index contributed by atoms with van der Waals surface area (Å²) in [5, 5.41) is 7.97. The van der Waals surface area contributed by atoms with Gasteiger partial charge in [0.1, 0.15) is 16.9 Å². The summed E-state index contributed by atoms with van der Waals surface area (Å²) in [5.41, 5.74) is 2.68. The van der Waals surface area contributed by atoms with Gasteiger partial charge in [0.15, 0.2) is 11.4 Å².